The van der Waals surface area contributed by atoms with Crippen molar-refractivity contribution in [3.63, 3.8) is 0 Å². The van der Waals surface area contributed by atoms with Crippen LogP contribution >= 0.6 is 46.4 Å². The van der Waals surface area contributed by atoms with Gasteiger partial charge < -0.3 is 10.2 Å². The van der Waals surface area contributed by atoms with Gasteiger partial charge in [0.25, 0.3) is 0 Å². The van der Waals surface area contributed by atoms with E-state index in [1.54, 1.807) is 41.3 Å². The van der Waals surface area contributed by atoms with E-state index in [4.69, 9.17) is 46.4 Å². The molecule has 0 radical (unpaired) electrons. The molecule has 3 rings (SSSR count). The van der Waals surface area contributed by atoms with Gasteiger partial charge in [-0.3, -0.25) is 9.59 Å². The molecule has 0 aliphatic carbocycles. The Balaban J connectivity index is 2.02. The van der Waals surface area contributed by atoms with Crippen LogP contribution in [0.25, 0.3) is 0 Å². The molecule has 0 aliphatic rings. The molecule has 2 amide bonds. The van der Waals surface area contributed by atoms with Gasteiger partial charge in [-0.15, -0.1) is 0 Å². The van der Waals surface area contributed by atoms with E-state index in [9.17, 15) is 9.59 Å². The smallest absolute Gasteiger partial charge is 0.243 e. The van der Waals surface area contributed by atoms with Gasteiger partial charge in [-0.25, -0.2) is 0 Å². The summed E-state index contributed by atoms with van der Waals surface area (Å²) < 4.78 is 0. The Morgan fingerprint density at radius 3 is 2.00 bits per heavy atom. The average Bonchev–Trinajstić information content (AvgIpc) is 2.84. The third-order valence-electron chi connectivity index (χ3n) is 5.98. The molecule has 190 valence electrons. The fourth-order valence-corrected chi connectivity index (χ4v) is 4.70. The maximum absolute atomic E-state index is 13.8. The van der Waals surface area contributed by atoms with Crippen molar-refractivity contribution in [2.75, 3.05) is 0 Å². The summed E-state index contributed by atoms with van der Waals surface area (Å²) in [6, 6.07) is 18.9. The van der Waals surface area contributed by atoms with Crippen LogP contribution in [-0.4, -0.2) is 28.8 Å². The Hall–Kier alpha value is -2.24. The standard InChI is InChI=1S/C28H28Cl4N2O2/c1-3-18(2)33-28(36)26(13-19-7-5-4-6-8-19)34(17-21-10-12-23(30)16-25(21)32)27(35)14-20-9-11-22(29)15-24(20)31/h4-12,15-16,18,26H,3,13-14,17H2,1-2H3,(H,33,36)/t18-,26+/m0/s1. The summed E-state index contributed by atoms with van der Waals surface area (Å²) in [5.41, 5.74) is 2.25. The zero-order valence-electron chi connectivity index (χ0n) is 20.1. The molecular formula is C28H28Cl4N2O2. The Kier molecular flexibility index (Phi) is 10.5. The zero-order chi connectivity index (χ0) is 26.2. The minimum Gasteiger partial charge on any atom is -0.352 e. The van der Waals surface area contributed by atoms with Crippen molar-refractivity contribution in [1.29, 1.82) is 0 Å². The molecule has 0 bridgehead atoms. The maximum atomic E-state index is 13.8. The highest BCUT2D eigenvalue weighted by atomic mass is 35.5. The second-order valence-electron chi connectivity index (χ2n) is 8.69. The van der Waals surface area contributed by atoms with Crippen molar-refractivity contribution < 1.29 is 9.59 Å². The molecule has 4 nitrogen and oxygen atoms in total. The van der Waals surface area contributed by atoms with E-state index in [0.29, 0.717) is 37.6 Å². The Morgan fingerprint density at radius 2 is 1.44 bits per heavy atom. The molecule has 1 N–H and O–H groups in total. The quantitative estimate of drug-likeness (QED) is 0.278. The molecular weight excluding hydrogens is 538 g/mol. The van der Waals surface area contributed by atoms with Crippen LogP contribution in [0.3, 0.4) is 0 Å². The van der Waals surface area contributed by atoms with Gasteiger partial charge in [0.05, 0.1) is 6.42 Å². The fourth-order valence-electron chi connectivity index (χ4n) is 3.76. The van der Waals surface area contributed by atoms with Crippen LogP contribution in [0.15, 0.2) is 66.7 Å². The number of carbonyl (C=O) groups excluding carboxylic acids is 2. The Labute approximate surface area is 232 Å². The van der Waals surface area contributed by atoms with Crippen LogP contribution in [0, 0.1) is 0 Å². The summed E-state index contributed by atoms with van der Waals surface area (Å²) in [6.07, 6.45) is 1.11. The highest BCUT2D eigenvalue weighted by molar-refractivity contribution is 6.35. The molecule has 0 aliphatic heterocycles. The average molecular weight is 566 g/mol. The number of benzene rings is 3. The molecule has 8 heteroatoms. The Bertz CT molecular complexity index is 1200. The SMILES string of the molecule is CC[C@H](C)NC(=O)[C@@H](Cc1ccccc1)N(Cc1ccc(Cl)cc1Cl)C(=O)Cc1ccc(Cl)cc1Cl. The van der Waals surface area contributed by atoms with E-state index in [-0.39, 0.29) is 30.8 Å². The summed E-state index contributed by atoms with van der Waals surface area (Å²) in [7, 11) is 0. The van der Waals surface area contributed by atoms with Gasteiger partial charge in [-0.05, 0) is 54.3 Å². The minimum absolute atomic E-state index is 0.00309. The predicted molar refractivity (Wildman–Crippen MR) is 149 cm³/mol. The normalized spacial score (nSPS) is 12.6. The van der Waals surface area contributed by atoms with Crippen LogP contribution in [0.2, 0.25) is 20.1 Å². The number of rotatable bonds is 10. The lowest BCUT2D eigenvalue weighted by atomic mass is 10.0. The lowest BCUT2D eigenvalue weighted by Crippen LogP contribution is -2.52. The van der Waals surface area contributed by atoms with Crippen molar-refractivity contribution in [1.82, 2.24) is 10.2 Å². The summed E-state index contributed by atoms with van der Waals surface area (Å²) >= 11 is 25.0. The van der Waals surface area contributed by atoms with Crippen molar-refractivity contribution >= 4 is 58.2 Å². The molecule has 0 heterocycles. The summed E-state index contributed by atoms with van der Waals surface area (Å²) in [6.45, 7) is 4.06. The molecule has 36 heavy (non-hydrogen) atoms. The Morgan fingerprint density at radius 1 is 0.861 bits per heavy atom. The number of carbonyl (C=O) groups is 2. The molecule has 3 aromatic rings. The summed E-state index contributed by atoms with van der Waals surface area (Å²) in [4.78, 5) is 28.9. The van der Waals surface area contributed by atoms with E-state index < -0.39 is 6.04 Å². The van der Waals surface area contributed by atoms with Crippen LogP contribution in [-0.2, 0) is 29.0 Å². The molecule has 0 unspecified atom stereocenters. The van der Waals surface area contributed by atoms with Crippen LogP contribution in [0.1, 0.15) is 37.0 Å². The predicted octanol–water partition coefficient (Wildman–Crippen LogP) is 7.40. The molecule has 2 atom stereocenters. The molecule has 0 fully saturated rings. The monoisotopic (exact) mass is 564 g/mol. The van der Waals surface area contributed by atoms with Crippen LogP contribution < -0.4 is 5.32 Å². The van der Waals surface area contributed by atoms with E-state index in [0.717, 1.165) is 12.0 Å². The van der Waals surface area contributed by atoms with E-state index in [2.05, 4.69) is 5.32 Å². The largest absolute Gasteiger partial charge is 0.352 e. The van der Waals surface area contributed by atoms with Crippen molar-refractivity contribution in [2.45, 2.75) is 51.7 Å². The van der Waals surface area contributed by atoms with Crippen LogP contribution in [0.4, 0.5) is 0 Å². The van der Waals surface area contributed by atoms with Gasteiger partial charge in [0, 0.05) is 39.1 Å². The van der Waals surface area contributed by atoms with Gasteiger partial charge in [-0.2, -0.15) is 0 Å². The second kappa shape index (κ2) is 13.3. The number of nitrogens with zero attached hydrogens (tertiary/aromatic N) is 1. The van der Waals surface area contributed by atoms with E-state index >= 15 is 0 Å². The summed E-state index contributed by atoms with van der Waals surface area (Å²) in [5, 5.41) is 4.83. The highest BCUT2D eigenvalue weighted by Crippen LogP contribution is 2.26. The third-order valence-corrected chi connectivity index (χ3v) is 7.16. The topological polar surface area (TPSA) is 49.4 Å². The van der Waals surface area contributed by atoms with Gasteiger partial charge in [0.15, 0.2) is 0 Å². The van der Waals surface area contributed by atoms with Gasteiger partial charge in [0.2, 0.25) is 11.8 Å². The zero-order valence-corrected chi connectivity index (χ0v) is 23.1. The van der Waals surface area contributed by atoms with Crippen molar-refractivity contribution in [2.24, 2.45) is 0 Å². The first-order valence-corrected chi connectivity index (χ1v) is 13.2. The second-order valence-corrected chi connectivity index (χ2v) is 10.4. The molecule has 0 spiro atoms. The number of hydrogen-bond acceptors (Lipinski definition) is 2. The first kappa shape index (κ1) is 28.3. The lowest BCUT2D eigenvalue weighted by molar-refractivity contribution is -0.141. The molecule has 0 saturated heterocycles. The van der Waals surface area contributed by atoms with Gasteiger partial charge in [-0.1, -0.05) is 95.8 Å². The number of amides is 2. The van der Waals surface area contributed by atoms with E-state index in [1.165, 1.54) is 0 Å². The fraction of sp³-hybridized carbons (Fsp3) is 0.286. The third kappa shape index (κ3) is 7.88. The molecule has 0 saturated carbocycles. The first-order valence-electron chi connectivity index (χ1n) is 11.7. The van der Waals surface area contributed by atoms with Crippen LogP contribution in [0.5, 0.6) is 0 Å². The van der Waals surface area contributed by atoms with Gasteiger partial charge >= 0.3 is 0 Å². The molecule has 0 aromatic heterocycles. The van der Waals surface area contributed by atoms with Crippen molar-refractivity contribution in [3.05, 3.63) is 104 Å². The minimum atomic E-state index is -0.772. The number of nitrogens with one attached hydrogen (secondary N) is 1. The summed E-state index contributed by atoms with van der Waals surface area (Å²) in [5.74, 6) is -0.487. The van der Waals surface area contributed by atoms with Gasteiger partial charge in [0.1, 0.15) is 6.04 Å². The van der Waals surface area contributed by atoms with Crippen molar-refractivity contribution in [3.8, 4) is 0 Å². The lowest BCUT2D eigenvalue weighted by Gasteiger charge is -2.32. The van der Waals surface area contributed by atoms with E-state index in [1.807, 2.05) is 44.2 Å². The number of halogens is 4. The maximum Gasteiger partial charge on any atom is 0.243 e. The first-order chi connectivity index (χ1) is 17.2. The number of hydrogen-bond donors (Lipinski definition) is 1. The highest BCUT2D eigenvalue weighted by Gasteiger charge is 2.31. The molecule has 3 aromatic carbocycles.